The molecule has 0 radical (unpaired) electrons. The highest BCUT2D eigenvalue weighted by atomic mass is 35.5. The number of carbonyl (C=O) groups is 1. The fourth-order valence-corrected chi connectivity index (χ4v) is 2.29. The predicted octanol–water partition coefficient (Wildman–Crippen LogP) is 2.19. The molecule has 6 heteroatoms. The maximum atomic E-state index is 12.3. The number of halogens is 2. The van der Waals surface area contributed by atoms with Gasteiger partial charge < -0.3 is 14.2 Å². The molecule has 1 atom stereocenters. The molecular formula is C11H14Cl2N2O2. The van der Waals surface area contributed by atoms with Crippen LogP contribution in [0.2, 0.25) is 10.2 Å². The molecule has 0 saturated carbocycles. The SMILES string of the molecule is CC1CN(C(=O)c2cc(Cl)c(Cl)n2C)CCO1. The van der Waals surface area contributed by atoms with Crippen molar-refractivity contribution in [1.82, 2.24) is 9.47 Å². The number of amides is 1. The summed E-state index contributed by atoms with van der Waals surface area (Å²) in [5.41, 5.74) is 0.508. The third kappa shape index (κ3) is 2.44. The maximum Gasteiger partial charge on any atom is 0.270 e. The molecule has 1 unspecified atom stereocenters. The summed E-state index contributed by atoms with van der Waals surface area (Å²) in [6.45, 7) is 3.71. The summed E-state index contributed by atoms with van der Waals surface area (Å²) in [7, 11) is 1.73. The van der Waals surface area contributed by atoms with Crippen LogP contribution in [-0.2, 0) is 11.8 Å². The van der Waals surface area contributed by atoms with Crippen LogP contribution in [-0.4, -0.2) is 41.2 Å². The Bertz CT molecular complexity index is 445. The molecule has 0 aromatic carbocycles. The molecule has 1 aromatic heterocycles. The first kappa shape index (κ1) is 12.7. The van der Waals surface area contributed by atoms with Crippen molar-refractivity contribution in [2.24, 2.45) is 7.05 Å². The third-order valence-corrected chi connectivity index (χ3v) is 3.71. The van der Waals surface area contributed by atoms with Gasteiger partial charge in [-0.15, -0.1) is 0 Å². The van der Waals surface area contributed by atoms with Gasteiger partial charge in [0.2, 0.25) is 0 Å². The highest BCUT2D eigenvalue weighted by Gasteiger charge is 2.25. The monoisotopic (exact) mass is 276 g/mol. The molecule has 0 bridgehead atoms. The van der Waals surface area contributed by atoms with Crippen LogP contribution in [0.15, 0.2) is 6.07 Å². The average Bonchev–Trinajstić information content (AvgIpc) is 2.56. The van der Waals surface area contributed by atoms with Crippen molar-refractivity contribution in [3.8, 4) is 0 Å². The number of rotatable bonds is 1. The van der Waals surface area contributed by atoms with Crippen LogP contribution in [0.5, 0.6) is 0 Å². The summed E-state index contributed by atoms with van der Waals surface area (Å²) in [5, 5.41) is 0.787. The Kier molecular flexibility index (Phi) is 3.66. The molecule has 17 heavy (non-hydrogen) atoms. The molecule has 1 aromatic rings. The summed E-state index contributed by atoms with van der Waals surface area (Å²) in [6.07, 6.45) is 0.0684. The van der Waals surface area contributed by atoms with Crippen LogP contribution >= 0.6 is 23.2 Å². The van der Waals surface area contributed by atoms with Gasteiger partial charge >= 0.3 is 0 Å². The minimum Gasteiger partial charge on any atom is -0.375 e. The van der Waals surface area contributed by atoms with Gasteiger partial charge in [-0.05, 0) is 13.0 Å². The zero-order valence-corrected chi connectivity index (χ0v) is 11.3. The van der Waals surface area contributed by atoms with E-state index in [0.717, 1.165) is 0 Å². The molecule has 2 heterocycles. The van der Waals surface area contributed by atoms with Crippen molar-refractivity contribution in [2.45, 2.75) is 13.0 Å². The van der Waals surface area contributed by atoms with E-state index in [1.165, 1.54) is 0 Å². The molecule has 1 aliphatic rings. The molecule has 1 aliphatic heterocycles. The van der Waals surface area contributed by atoms with Gasteiger partial charge in [0.15, 0.2) is 0 Å². The fraction of sp³-hybridized carbons (Fsp3) is 0.545. The highest BCUT2D eigenvalue weighted by molar-refractivity contribution is 6.41. The first-order valence-corrected chi connectivity index (χ1v) is 6.18. The van der Waals surface area contributed by atoms with Crippen molar-refractivity contribution >= 4 is 29.1 Å². The first-order chi connectivity index (χ1) is 8.00. The van der Waals surface area contributed by atoms with Crippen LogP contribution in [0.1, 0.15) is 17.4 Å². The Morgan fingerprint density at radius 3 is 2.76 bits per heavy atom. The molecule has 4 nitrogen and oxygen atoms in total. The number of hydrogen-bond donors (Lipinski definition) is 0. The molecular weight excluding hydrogens is 263 g/mol. The highest BCUT2D eigenvalue weighted by Crippen LogP contribution is 2.26. The lowest BCUT2D eigenvalue weighted by Crippen LogP contribution is -2.45. The van der Waals surface area contributed by atoms with Crippen LogP contribution in [0.4, 0.5) is 0 Å². The van der Waals surface area contributed by atoms with Crippen molar-refractivity contribution < 1.29 is 9.53 Å². The van der Waals surface area contributed by atoms with Gasteiger partial charge in [-0.3, -0.25) is 4.79 Å². The lowest BCUT2D eigenvalue weighted by Gasteiger charge is -2.31. The second-order valence-electron chi connectivity index (χ2n) is 4.16. The van der Waals surface area contributed by atoms with Crippen molar-refractivity contribution in [3.63, 3.8) is 0 Å². The van der Waals surface area contributed by atoms with Crippen molar-refractivity contribution in [3.05, 3.63) is 21.9 Å². The van der Waals surface area contributed by atoms with Crippen LogP contribution in [0.25, 0.3) is 0 Å². The summed E-state index contributed by atoms with van der Waals surface area (Å²) >= 11 is 11.8. The van der Waals surface area contributed by atoms with Crippen molar-refractivity contribution in [2.75, 3.05) is 19.7 Å². The molecule has 0 spiro atoms. The minimum atomic E-state index is -0.0588. The fourth-order valence-electron chi connectivity index (χ4n) is 1.91. The van der Waals surface area contributed by atoms with Gasteiger partial charge in [0.05, 0.1) is 17.7 Å². The Morgan fingerprint density at radius 1 is 1.53 bits per heavy atom. The zero-order chi connectivity index (χ0) is 12.6. The van der Waals surface area contributed by atoms with Gasteiger partial charge in [0, 0.05) is 20.1 Å². The van der Waals surface area contributed by atoms with E-state index in [-0.39, 0.29) is 12.0 Å². The summed E-state index contributed by atoms with van der Waals surface area (Å²) in [6, 6.07) is 1.60. The molecule has 1 amide bonds. The van der Waals surface area contributed by atoms with E-state index in [1.807, 2.05) is 6.92 Å². The Balaban J connectivity index is 2.21. The van der Waals surface area contributed by atoms with Gasteiger partial charge in [-0.1, -0.05) is 23.2 Å². The van der Waals surface area contributed by atoms with Crippen LogP contribution in [0.3, 0.4) is 0 Å². The van der Waals surface area contributed by atoms with E-state index in [9.17, 15) is 4.79 Å². The van der Waals surface area contributed by atoms with Gasteiger partial charge in [0.25, 0.3) is 5.91 Å². The van der Waals surface area contributed by atoms with Gasteiger partial charge in [-0.2, -0.15) is 0 Å². The van der Waals surface area contributed by atoms with E-state index in [0.29, 0.717) is 35.6 Å². The Hall–Kier alpha value is -0.710. The number of ether oxygens (including phenoxy) is 1. The van der Waals surface area contributed by atoms with Crippen LogP contribution in [0, 0.1) is 0 Å². The number of morpholine rings is 1. The third-order valence-electron chi connectivity index (χ3n) is 2.86. The standard InChI is InChI=1S/C11H14Cl2N2O2/c1-7-6-15(3-4-17-7)11(16)9-5-8(12)10(13)14(9)2/h5,7H,3-4,6H2,1-2H3. The molecule has 1 fully saturated rings. The Morgan fingerprint density at radius 2 is 2.24 bits per heavy atom. The average molecular weight is 277 g/mol. The first-order valence-electron chi connectivity index (χ1n) is 5.42. The topological polar surface area (TPSA) is 34.5 Å². The van der Waals surface area contributed by atoms with Gasteiger partial charge in [0.1, 0.15) is 10.8 Å². The number of nitrogens with zero attached hydrogens (tertiary/aromatic N) is 2. The molecule has 2 rings (SSSR count). The minimum absolute atomic E-state index is 0.0588. The summed E-state index contributed by atoms with van der Waals surface area (Å²) < 4.78 is 7.00. The molecule has 1 saturated heterocycles. The van der Waals surface area contributed by atoms with E-state index in [1.54, 1.807) is 22.6 Å². The van der Waals surface area contributed by atoms with E-state index < -0.39 is 0 Å². The number of aromatic nitrogens is 1. The van der Waals surface area contributed by atoms with E-state index in [4.69, 9.17) is 27.9 Å². The maximum absolute atomic E-state index is 12.3. The lowest BCUT2D eigenvalue weighted by atomic mass is 10.2. The normalized spacial score (nSPS) is 20.7. The smallest absolute Gasteiger partial charge is 0.270 e. The quantitative estimate of drug-likeness (QED) is 0.788. The van der Waals surface area contributed by atoms with Gasteiger partial charge in [-0.25, -0.2) is 0 Å². The molecule has 0 N–H and O–H groups in total. The van der Waals surface area contributed by atoms with Crippen molar-refractivity contribution in [1.29, 1.82) is 0 Å². The second-order valence-corrected chi connectivity index (χ2v) is 4.93. The van der Waals surface area contributed by atoms with Crippen LogP contribution < -0.4 is 0 Å². The molecule has 94 valence electrons. The largest absolute Gasteiger partial charge is 0.375 e. The second kappa shape index (κ2) is 4.88. The van der Waals surface area contributed by atoms with E-state index >= 15 is 0 Å². The number of carbonyl (C=O) groups excluding carboxylic acids is 1. The number of hydrogen-bond acceptors (Lipinski definition) is 2. The lowest BCUT2D eigenvalue weighted by molar-refractivity contribution is -0.0127. The molecule has 0 aliphatic carbocycles. The van der Waals surface area contributed by atoms with E-state index in [2.05, 4.69) is 0 Å². The zero-order valence-electron chi connectivity index (χ0n) is 9.74. The predicted molar refractivity (Wildman–Crippen MR) is 66.8 cm³/mol. The summed E-state index contributed by atoms with van der Waals surface area (Å²) in [5.74, 6) is -0.0588. The Labute approximate surface area is 110 Å². The summed E-state index contributed by atoms with van der Waals surface area (Å²) in [4.78, 5) is 14.0.